The van der Waals surface area contributed by atoms with E-state index in [2.05, 4.69) is 17.0 Å². The van der Waals surface area contributed by atoms with Gasteiger partial charge in [0.15, 0.2) is 5.13 Å². The Morgan fingerprint density at radius 2 is 1.87 bits per heavy atom. The molecule has 8 heteroatoms. The molecule has 0 saturated carbocycles. The quantitative estimate of drug-likeness (QED) is 0.372. The number of halogens is 2. The predicted octanol–water partition coefficient (Wildman–Crippen LogP) is 5.93. The Hall–Kier alpha value is -1.31. The van der Waals surface area contributed by atoms with Crippen LogP contribution in [-0.2, 0) is 11.2 Å². The average Bonchev–Trinajstić information content (AvgIpc) is 3.09. The third-order valence-corrected chi connectivity index (χ3v) is 6.66. The van der Waals surface area contributed by atoms with E-state index in [0.717, 1.165) is 39.4 Å². The standard InChI is InChI=1S/C22H26ClN3OS2.ClH/c1-15-12-17(23)14-19-21(15)24-22(29-19)26(11-5-10-25(2)3)20(27)13-16-6-8-18(28-4)9-7-16;/h6-9,12,14H,5,10-11,13H2,1-4H3;1H. The summed E-state index contributed by atoms with van der Waals surface area (Å²) in [5.41, 5.74) is 2.97. The van der Waals surface area contributed by atoms with Crippen molar-refractivity contribution in [2.24, 2.45) is 0 Å². The van der Waals surface area contributed by atoms with Crippen molar-refractivity contribution < 1.29 is 4.79 Å². The molecule has 0 aliphatic rings. The zero-order valence-electron chi connectivity index (χ0n) is 17.6. The van der Waals surface area contributed by atoms with Gasteiger partial charge in [0.1, 0.15) is 0 Å². The van der Waals surface area contributed by atoms with Crippen molar-refractivity contribution in [3.8, 4) is 0 Å². The molecular weight excluding hydrogens is 457 g/mol. The van der Waals surface area contributed by atoms with Gasteiger partial charge in [-0.15, -0.1) is 24.2 Å². The lowest BCUT2D eigenvalue weighted by Gasteiger charge is -2.21. The first-order valence-corrected chi connectivity index (χ1v) is 11.9. The summed E-state index contributed by atoms with van der Waals surface area (Å²) in [5, 5.41) is 1.44. The van der Waals surface area contributed by atoms with E-state index >= 15 is 0 Å². The Kier molecular flexibility index (Phi) is 9.44. The maximum atomic E-state index is 13.2. The molecular formula is C22H27Cl2N3OS2. The summed E-state index contributed by atoms with van der Waals surface area (Å²) in [6.45, 7) is 3.57. The zero-order valence-corrected chi connectivity index (χ0v) is 20.9. The van der Waals surface area contributed by atoms with Gasteiger partial charge in [-0.3, -0.25) is 9.69 Å². The molecule has 0 unspecified atom stereocenters. The Bertz CT molecular complexity index is 990. The first-order valence-electron chi connectivity index (χ1n) is 9.52. The number of nitrogens with zero attached hydrogens (tertiary/aromatic N) is 3. The van der Waals surface area contributed by atoms with E-state index in [-0.39, 0.29) is 18.3 Å². The lowest BCUT2D eigenvalue weighted by atomic mass is 10.1. The van der Waals surface area contributed by atoms with E-state index < -0.39 is 0 Å². The van der Waals surface area contributed by atoms with E-state index in [1.54, 1.807) is 11.8 Å². The second-order valence-electron chi connectivity index (χ2n) is 7.29. The van der Waals surface area contributed by atoms with E-state index in [4.69, 9.17) is 16.6 Å². The van der Waals surface area contributed by atoms with Crippen LogP contribution in [0.4, 0.5) is 5.13 Å². The largest absolute Gasteiger partial charge is 0.309 e. The number of carbonyl (C=O) groups is 1. The smallest absolute Gasteiger partial charge is 0.233 e. The number of rotatable bonds is 8. The molecule has 0 N–H and O–H groups in total. The second kappa shape index (κ2) is 11.3. The third-order valence-electron chi connectivity index (χ3n) is 4.67. The highest BCUT2D eigenvalue weighted by molar-refractivity contribution is 7.98. The molecule has 0 bridgehead atoms. The number of thioether (sulfide) groups is 1. The summed E-state index contributed by atoms with van der Waals surface area (Å²) < 4.78 is 1.01. The Balaban J connectivity index is 0.00000320. The molecule has 162 valence electrons. The number of fused-ring (bicyclic) bond motifs is 1. The Morgan fingerprint density at radius 3 is 2.50 bits per heavy atom. The van der Waals surface area contributed by atoms with Gasteiger partial charge < -0.3 is 4.90 Å². The maximum absolute atomic E-state index is 13.2. The molecule has 0 aliphatic carbocycles. The minimum Gasteiger partial charge on any atom is -0.309 e. The zero-order chi connectivity index (χ0) is 21.0. The SMILES string of the molecule is CSc1ccc(CC(=O)N(CCCN(C)C)c2nc3c(C)cc(Cl)cc3s2)cc1.Cl. The van der Waals surface area contributed by atoms with E-state index in [1.165, 1.54) is 16.2 Å². The predicted molar refractivity (Wildman–Crippen MR) is 134 cm³/mol. The minimum absolute atomic E-state index is 0. The van der Waals surface area contributed by atoms with Crippen molar-refractivity contribution in [3.05, 3.63) is 52.5 Å². The fraction of sp³-hybridized carbons (Fsp3) is 0.364. The molecule has 1 heterocycles. The molecule has 0 fully saturated rings. The summed E-state index contributed by atoms with van der Waals surface area (Å²) in [7, 11) is 4.09. The van der Waals surface area contributed by atoms with Crippen LogP contribution in [0.3, 0.4) is 0 Å². The van der Waals surface area contributed by atoms with Crippen molar-refractivity contribution in [2.45, 2.75) is 24.7 Å². The second-order valence-corrected chi connectivity index (χ2v) is 9.62. The molecule has 3 rings (SSSR count). The minimum atomic E-state index is 0. The number of aromatic nitrogens is 1. The molecule has 4 nitrogen and oxygen atoms in total. The molecule has 0 atom stereocenters. The van der Waals surface area contributed by atoms with Gasteiger partial charge in [0.2, 0.25) is 5.91 Å². The lowest BCUT2D eigenvalue weighted by molar-refractivity contribution is -0.118. The molecule has 30 heavy (non-hydrogen) atoms. The van der Waals surface area contributed by atoms with E-state index in [9.17, 15) is 4.79 Å². The third kappa shape index (κ3) is 6.34. The van der Waals surface area contributed by atoms with Crippen LogP contribution in [0, 0.1) is 6.92 Å². The van der Waals surface area contributed by atoms with Gasteiger partial charge in [-0.05, 0) is 75.6 Å². The van der Waals surface area contributed by atoms with Crippen molar-refractivity contribution in [3.63, 3.8) is 0 Å². The summed E-state index contributed by atoms with van der Waals surface area (Å²) in [4.78, 5) is 23.2. The van der Waals surface area contributed by atoms with Gasteiger partial charge >= 0.3 is 0 Å². The van der Waals surface area contributed by atoms with Crippen LogP contribution in [0.2, 0.25) is 5.02 Å². The highest BCUT2D eigenvalue weighted by atomic mass is 35.5. The highest BCUT2D eigenvalue weighted by Gasteiger charge is 2.20. The van der Waals surface area contributed by atoms with Crippen molar-refractivity contribution in [1.29, 1.82) is 0 Å². The first kappa shape index (κ1) is 25.0. The number of aryl methyl sites for hydroxylation is 1. The fourth-order valence-corrected chi connectivity index (χ4v) is 5.02. The highest BCUT2D eigenvalue weighted by Crippen LogP contribution is 2.33. The summed E-state index contributed by atoms with van der Waals surface area (Å²) in [6, 6.07) is 12.0. The van der Waals surface area contributed by atoms with Gasteiger partial charge in [0.05, 0.1) is 16.6 Å². The molecule has 0 saturated heterocycles. The molecule has 1 amide bonds. The monoisotopic (exact) mass is 483 g/mol. The lowest BCUT2D eigenvalue weighted by Crippen LogP contribution is -2.34. The normalized spacial score (nSPS) is 11.0. The number of amides is 1. The Morgan fingerprint density at radius 1 is 1.17 bits per heavy atom. The number of carbonyl (C=O) groups excluding carboxylic acids is 1. The molecule has 1 aromatic heterocycles. The average molecular weight is 485 g/mol. The molecule has 0 aliphatic heterocycles. The maximum Gasteiger partial charge on any atom is 0.233 e. The van der Waals surface area contributed by atoms with Gasteiger partial charge in [0, 0.05) is 16.5 Å². The first-order chi connectivity index (χ1) is 13.9. The number of benzene rings is 2. The number of hydrogen-bond donors (Lipinski definition) is 0. The number of hydrogen-bond acceptors (Lipinski definition) is 5. The van der Waals surface area contributed by atoms with Crippen LogP contribution in [0.5, 0.6) is 0 Å². The molecule has 0 spiro atoms. The van der Waals surface area contributed by atoms with Crippen LogP contribution in [0.1, 0.15) is 17.5 Å². The van der Waals surface area contributed by atoms with Crippen molar-refractivity contribution in [1.82, 2.24) is 9.88 Å². The molecule has 2 aromatic carbocycles. The summed E-state index contributed by atoms with van der Waals surface area (Å²) in [6.07, 6.45) is 3.31. The van der Waals surface area contributed by atoms with Crippen LogP contribution >= 0.6 is 47.1 Å². The van der Waals surface area contributed by atoms with Crippen molar-refractivity contribution in [2.75, 3.05) is 38.3 Å². The van der Waals surface area contributed by atoms with Gasteiger partial charge in [-0.2, -0.15) is 0 Å². The van der Waals surface area contributed by atoms with Crippen LogP contribution < -0.4 is 4.90 Å². The van der Waals surface area contributed by atoms with Crippen LogP contribution in [0.15, 0.2) is 41.3 Å². The number of anilines is 1. The summed E-state index contributed by atoms with van der Waals surface area (Å²) >= 11 is 9.45. The van der Waals surface area contributed by atoms with Gasteiger partial charge in [0.25, 0.3) is 0 Å². The van der Waals surface area contributed by atoms with Crippen LogP contribution in [0.25, 0.3) is 10.2 Å². The summed E-state index contributed by atoms with van der Waals surface area (Å²) in [5.74, 6) is 0.0727. The topological polar surface area (TPSA) is 36.4 Å². The molecule has 3 aromatic rings. The van der Waals surface area contributed by atoms with Crippen molar-refractivity contribution >= 4 is 68.4 Å². The Labute approximate surface area is 198 Å². The number of thiazole rings is 1. The van der Waals surface area contributed by atoms with Crippen LogP contribution in [-0.4, -0.2) is 49.2 Å². The fourth-order valence-electron chi connectivity index (χ4n) is 3.14. The van der Waals surface area contributed by atoms with E-state index in [1.807, 2.05) is 56.4 Å². The van der Waals surface area contributed by atoms with Gasteiger partial charge in [-0.25, -0.2) is 4.98 Å². The molecule has 0 radical (unpaired) electrons. The van der Waals surface area contributed by atoms with Gasteiger partial charge in [-0.1, -0.05) is 35.1 Å². The van der Waals surface area contributed by atoms with E-state index in [0.29, 0.717) is 18.0 Å².